The van der Waals surface area contributed by atoms with Crippen molar-refractivity contribution in [1.82, 2.24) is 0 Å². The van der Waals surface area contributed by atoms with Crippen molar-refractivity contribution >= 4 is 0 Å². The number of hydrogen-bond acceptors (Lipinski definition) is 1. The summed E-state index contributed by atoms with van der Waals surface area (Å²) in [6.45, 7) is 1.40. The SMILES string of the molecule is [O-][NH+]1CC2=CCC=C2C1. The van der Waals surface area contributed by atoms with Crippen molar-refractivity contribution in [1.29, 1.82) is 0 Å². The average molecular weight is 123 g/mol. The number of quaternary nitrogens is 1. The average Bonchev–Trinajstić information content (AvgIpc) is 2.22. The molecule has 2 nitrogen and oxygen atoms in total. The third-order valence-electron chi connectivity index (χ3n) is 1.92. The summed E-state index contributed by atoms with van der Waals surface area (Å²) in [5, 5.41) is 11.2. The van der Waals surface area contributed by atoms with Gasteiger partial charge in [-0.2, -0.15) is 0 Å². The van der Waals surface area contributed by atoms with Crippen molar-refractivity contribution in [2.45, 2.75) is 6.42 Å². The van der Waals surface area contributed by atoms with Crippen LogP contribution in [0.5, 0.6) is 0 Å². The maximum Gasteiger partial charge on any atom is 0.103 e. The fraction of sp³-hybridized carbons (Fsp3) is 0.429. The Morgan fingerprint density at radius 3 is 2.33 bits per heavy atom. The molecule has 1 N–H and O–H groups in total. The Bertz CT molecular complexity index is 173. The maximum absolute atomic E-state index is 10.8. The van der Waals surface area contributed by atoms with Crippen LogP contribution in [0.1, 0.15) is 6.42 Å². The normalized spacial score (nSPS) is 25.9. The standard InChI is InChI=1S/C7H9NO/c9-8-4-6-2-1-3-7(6)5-8/h2-3,8H,1,4-5H2. The van der Waals surface area contributed by atoms with Gasteiger partial charge in [-0.25, -0.2) is 0 Å². The van der Waals surface area contributed by atoms with Gasteiger partial charge in [-0.3, -0.25) is 0 Å². The molecule has 2 aliphatic rings. The van der Waals surface area contributed by atoms with E-state index in [9.17, 15) is 5.21 Å². The van der Waals surface area contributed by atoms with Crippen molar-refractivity contribution in [2.24, 2.45) is 0 Å². The molecule has 0 unspecified atom stereocenters. The van der Waals surface area contributed by atoms with Crippen LogP contribution in [0.4, 0.5) is 0 Å². The summed E-state index contributed by atoms with van der Waals surface area (Å²) in [5.74, 6) is 0. The first-order valence-corrected chi connectivity index (χ1v) is 3.26. The van der Waals surface area contributed by atoms with Crippen molar-refractivity contribution < 1.29 is 5.06 Å². The Morgan fingerprint density at radius 1 is 1.22 bits per heavy atom. The molecule has 0 aromatic heterocycles. The molecule has 1 aliphatic carbocycles. The van der Waals surface area contributed by atoms with Crippen LogP contribution in [-0.2, 0) is 0 Å². The number of hydroxylamine groups is 2. The number of fused-ring (bicyclic) bond motifs is 1. The Labute approximate surface area is 54.0 Å². The lowest BCUT2D eigenvalue weighted by Gasteiger charge is -2.12. The molecular weight excluding hydrogens is 114 g/mol. The van der Waals surface area contributed by atoms with E-state index in [0.29, 0.717) is 18.2 Å². The molecule has 1 aliphatic heterocycles. The maximum atomic E-state index is 10.8. The molecule has 1 heterocycles. The number of hydrogen-bond donors (Lipinski definition) is 1. The topological polar surface area (TPSA) is 27.5 Å². The van der Waals surface area contributed by atoms with E-state index in [1.165, 1.54) is 11.1 Å². The predicted molar refractivity (Wildman–Crippen MR) is 34.8 cm³/mol. The van der Waals surface area contributed by atoms with Crippen LogP contribution < -0.4 is 5.06 Å². The van der Waals surface area contributed by atoms with Crippen LogP contribution in [-0.4, -0.2) is 13.1 Å². The summed E-state index contributed by atoms with van der Waals surface area (Å²) in [4.78, 5) is 0. The van der Waals surface area contributed by atoms with Crippen LogP contribution in [0.15, 0.2) is 23.3 Å². The molecular formula is C7H9NO. The van der Waals surface area contributed by atoms with E-state index in [4.69, 9.17) is 0 Å². The largest absolute Gasteiger partial charge is 0.634 e. The zero-order valence-corrected chi connectivity index (χ0v) is 5.18. The number of rotatable bonds is 0. The third-order valence-corrected chi connectivity index (χ3v) is 1.92. The molecule has 0 bridgehead atoms. The minimum absolute atomic E-state index is 0.382. The van der Waals surface area contributed by atoms with Gasteiger partial charge in [0.1, 0.15) is 13.1 Å². The molecule has 1 fully saturated rings. The Kier molecular flexibility index (Phi) is 0.976. The molecule has 0 spiro atoms. The third kappa shape index (κ3) is 0.713. The van der Waals surface area contributed by atoms with E-state index >= 15 is 0 Å². The van der Waals surface area contributed by atoms with Crippen molar-refractivity contribution in [3.8, 4) is 0 Å². The second-order valence-electron chi connectivity index (χ2n) is 2.59. The summed E-state index contributed by atoms with van der Waals surface area (Å²) >= 11 is 0. The van der Waals surface area contributed by atoms with Crippen molar-refractivity contribution in [3.05, 3.63) is 28.5 Å². The number of allylic oxidation sites excluding steroid dienone is 2. The monoisotopic (exact) mass is 123 g/mol. The smallest absolute Gasteiger partial charge is 0.103 e. The van der Waals surface area contributed by atoms with Gasteiger partial charge in [-0.15, -0.1) is 0 Å². The van der Waals surface area contributed by atoms with Crippen LogP contribution >= 0.6 is 0 Å². The van der Waals surface area contributed by atoms with E-state index in [1.807, 2.05) is 0 Å². The fourth-order valence-corrected chi connectivity index (χ4v) is 1.46. The minimum atomic E-state index is 0.382. The highest BCUT2D eigenvalue weighted by Crippen LogP contribution is 2.18. The van der Waals surface area contributed by atoms with Gasteiger partial charge in [-0.1, -0.05) is 12.2 Å². The molecule has 1 saturated heterocycles. The van der Waals surface area contributed by atoms with E-state index < -0.39 is 0 Å². The fourth-order valence-electron chi connectivity index (χ4n) is 1.46. The summed E-state index contributed by atoms with van der Waals surface area (Å²) in [7, 11) is 0. The van der Waals surface area contributed by atoms with Gasteiger partial charge in [0.15, 0.2) is 0 Å². The van der Waals surface area contributed by atoms with Gasteiger partial charge in [-0.05, 0) is 6.42 Å². The van der Waals surface area contributed by atoms with Crippen molar-refractivity contribution in [2.75, 3.05) is 13.1 Å². The molecule has 0 atom stereocenters. The minimum Gasteiger partial charge on any atom is -0.634 e. The van der Waals surface area contributed by atoms with Gasteiger partial charge < -0.3 is 10.3 Å². The van der Waals surface area contributed by atoms with Crippen molar-refractivity contribution in [3.63, 3.8) is 0 Å². The second-order valence-corrected chi connectivity index (χ2v) is 2.59. The van der Waals surface area contributed by atoms with E-state index in [1.54, 1.807) is 0 Å². The molecule has 2 rings (SSSR count). The summed E-state index contributed by atoms with van der Waals surface area (Å²) < 4.78 is 0. The highest BCUT2D eigenvalue weighted by molar-refractivity contribution is 5.39. The second kappa shape index (κ2) is 1.69. The molecule has 0 saturated carbocycles. The predicted octanol–water partition coefficient (Wildman–Crippen LogP) is -0.361. The Morgan fingerprint density at radius 2 is 1.78 bits per heavy atom. The van der Waals surface area contributed by atoms with Crippen LogP contribution in [0, 0.1) is 5.21 Å². The molecule has 9 heavy (non-hydrogen) atoms. The highest BCUT2D eigenvalue weighted by Gasteiger charge is 2.21. The first kappa shape index (κ1) is 5.21. The summed E-state index contributed by atoms with van der Waals surface area (Å²) in [6, 6.07) is 0. The van der Waals surface area contributed by atoms with Gasteiger partial charge in [0, 0.05) is 11.1 Å². The lowest BCUT2D eigenvalue weighted by Crippen LogP contribution is -3.05. The molecule has 2 heteroatoms. The molecule has 0 aromatic rings. The number of nitrogens with one attached hydrogen (secondary N) is 1. The van der Waals surface area contributed by atoms with Crippen LogP contribution in [0.2, 0.25) is 0 Å². The lowest BCUT2D eigenvalue weighted by atomic mass is 10.2. The van der Waals surface area contributed by atoms with Gasteiger partial charge in [0.2, 0.25) is 0 Å². The molecule has 0 amide bonds. The van der Waals surface area contributed by atoms with Gasteiger partial charge >= 0.3 is 0 Å². The van der Waals surface area contributed by atoms with E-state index in [-0.39, 0.29) is 0 Å². The van der Waals surface area contributed by atoms with E-state index in [0.717, 1.165) is 6.42 Å². The van der Waals surface area contributed by atoms with Gasteiger partial charge in [0.25, 0.3) is 0 Å². The van der Waals surface area contributed by atoms with E-state index in [2.05, 4.69) is 12.2 Å². The highest BCUT2D eigenvalue weighted by atomic mass is 16.5. The lowest BCUT2D eigenvalue weighted by molar-refractivity contribution is -0.828. The quantitative estimate of drug-likeness (QED) is 0.438. The van der Waals surface area contributed by atoms with Crippen LogP contribution in [0.3, 0.4) is 0 Å². The van der Waals surface area contributed by atoms with Crippen LogP contribution in [0.25, 0.3) is 0 Å². The summed E-state index contributed by atoms with van der Waals surface area (Å²) in [5.41, 5.74) is 2.58. The zero-order valence-electron chi connectivity index (χ0n) is 5.18. The molecule has 0 aromatic carbocycles. The molecule has 48 valence electrons. The first-order chi connectivity index (χ1) is 4.36. The Hall–Kier alpha value is -0.600. The molecule has 0 radical (unpaired) electrons. The Balaban J connectivity index is 2.28. The van der Waals surface area contributed by atoms with Gasteiger partial charge in [0.05, 0.1) is 0 Å². The first-order valence-electron chi connectivity index (χ1n) is 3.26. The zero-order chi connectivity index (χ0) is 6.27. The summed E-state index contributed by atoms with van der Waals surface area (Å²) in [6.07, 6.45) is 5.36.